The molecule has 1 N–H and O–H groups in total. The SMILES string of the molecule is CCCCCCCCCCCCC=CCCC(Cl)Cc1ccccc1N(c1[nH]n(-c2c(Cl)cc(Cl)cc2Cl)c(=O)c1N=Nc1cccc2ccccc12)N1C(=O)CCC1=O. The number of unbranched alkanes of at least 4 members (excludes halogenated alkanes) is 10. The van der Waals surface area contributed by atoms with E-state index in [0.29, 0.717) is 17.8 Å². The second kappa shape index (κ2) is 22.4. The van der Waals surface area contributed by atoms with Crippen LogP contribution in [-0.4, -0.2) is 32.0 Å². The van der Waals surface area contributed by atoms with Crippen molar-refractivity contribution >= 4 is 91.9 Å². The first-order valence-corrected chi connectivity index (χ1v) is 22.7. The van der Waals surface area contributed by atoms with E-state index in [1.807, 2.05) is 48.5 Å². The van der Waals surface area contributed by atoms with E-state index >= 15 is 0 Å². The van der Waals surface area contributed by atoms with Crippen molar-refractivity contribution in [3.63, 3.8) is 0 Å². The summed E-state index contributed by atoms with van der Waals surface area (Å²) in [5.41, 5.74) is 0.967. The zero-order valence-electron chi connectivity index (χ0n) is 34.0. The molecular formula is C47H52Cl4N6O3. The van der Waals surface area contributed by atoms with Gasteiger partial charge in [0, 0.05) is 28.6 Å². The molecule has 1 aliphatic heterocycles. The number of halogens is 4. The van der Waals surface area contributed by atoms with Crippen molar-refractivity contribution in [2.45, 2.75) is 115 Å². The number of rotatable bonds is 22. The van der Waals surface area contributed by atoms with Crippen molar-refractivity contribution in [2.24, 2.45) is 10.2 Å². The lowest BCUT2D eigenvalue weighted by Crippen LogP contribution is -2.44. The molecule has 316 valence electrons. The molecule has 1 saturated heterocycles. The Morgan fingerprint density at radius 2 is 1.37 bits per heavy atom. The molecule has 5 aromatic rings. The molecule has 4 aromatic carbocycles. The number of aromatic nitrogens is 2. The van der Waals surface area contributed by atoms with Crippen molar-refractivity contribution in [3.05, 3.63) is 122 Å². The summed E-state index contributed by atoms with van der Waals surface area (Å²) in [4.78, 5) is 41.8. The van der Waals surface area contributed by atoms with Gasteiger partial charge in [-0.3, -0.25) is 19.5 Å². The number of amides is 2. The third-order valence-electron chi connectivity index (χ3n) is 10.7. The van der Waals surface area contributed by atoms with Gasteiger partial charge in [0.2, 0.25) is 11.8 Å². The molecule has 0 saturated carbocycles. The number of hydrogen-bond acceptors (Lipinski definition) is 6. The third-order valence-corrected chi connectivity index (χ3v) is 11.9. The van der Waals surface area contributed by atoms with E-state index < -0.39 is 17.4 Å². The van der Waals surface area contributed by atoms with Crippen LogP contribution in [0.2, 0.25) is 15.1 Å². The number of carbonyl (C=O) groups excluding carboxylic acids is 2. The van der Waals surface area contributed by atoms with Crippen LogP contribution in [0.5, 0.6) is 0 Å². The summed E-state index contributed by atoms with van der Waals surface area (Å²) in [7, 11) is 0. The zero-order chi connectivity index (χ0) is 42.4. The molecule has 13 heteroatoms. The fourth-order valence-electron chi connectivity index (χ4n) is 7.57. The Bertz CT molecular complexity index is 2330. The quantitative estimate of drug-likeness (QED) is 0.0246. The first-order valence-electron chi connectivity index (χ1n) is 21.1. The summed E-state index contributed by atoms with van der Waals surface area (Å²) in [6.07, 6.45) is 20.6. The van der Waals surface area contributed by atoms with Crippen LogP contribution in [0.3, 0.4) is 0 Å². The smallest absolute Gasteiger partial charge is 0.272 e. The van der Waals surface area contributed by atoms with Crippen molar-refractivity contribution in [1.82, 2.24) is 14.8 Å². The number of anilines is 2. The van der Waals surface area contributed by atoms with Gasteiger partial charge < -0.3 is 0 Å². The molecule has 1 aromatic heterocycles. The summed E-state index contributed by atoms with van der Waals surface area (Å²) in [5, 5.41) is 16.6. The number of benzene rings is 4. The molecule has 9 nitrogen and oxygen atoms in total. The highest BCUT2D eigenvalue weighted by molar-refractivity contribution is 6.40. The van der Waals surface area contributed by atoms with E-state index in [1.165, 1.54) is 81.3 Å². The number of hydrazine groups is 1. The van der Waals surface area contributed by atoms with Crippen LogP contribution in [0.15, 0.2) is 106 Å². The highest BCUT2D eigenvalue weighted by Gasteiger charge is 2.39. The summed E-state index contributed by atoms with van der Waals surface area (Å²) in [5.74, 6) is -0.890. The Hall–Kier alpha value is -4.41. The molecule has 1 fully saturated rings. The third kappa shape index (κ3) is 11.5. The second-order valence-electron chi connectivity index (χ2n) is 15.2. The predicted molar refractivity (Wildman–Crippen MR) is 247 cm³/mol. The van der Waals surface area contributed by atoms with Crippen molar-refractivity contribution in [3.8, 4) is 5.69 Å². The summed E-state index contributed by atoms with van der Waals surface area (Å²) in [6.45, 7) is 2.26. The van der Waals surface area contributed by atoms with Crippen molar-refractivity contribution in [1.29, 1.82) is 0 Å². The predicted octanol–water partition coefficient (Wildman–Crippen LogP) is 14.7. The van der Waals surface area contributed by atoms with E-state index in [-0.39, 0.29) is 50.5 Å². The minimum atomic E-state index is -0.679. The maximum Gasteiger partial charge on any atom is 0.301 e. The average Bonchev–Trinajstić information content (AvgIpc) is 3.73. The molecule has 1 unspecified atom stereocenters. The van der Waals surface area contributed by atoms with Gasteiger partial charge in [0.1, 0.15) is 5.69 Å². The van der Waals surface area contributed by atoms with Gasteiger partial charge in [0.05, 0.1) is 21.4 Å². The maximum absolute atomic E-state index is 14.5. The number of alkyl halides is 1. The summed E-state index contributed by atoms with van der Waals surface area (Å²) >= 11 is 26.6. The molecule has 60 heavy (non-hydrogen) atoms. The molecule has 0 spiro atoms. The van der Waals surface area contributed by atoms with Gasteiger partial charge in [-0.15, -0.1) is 21.8 Å². The fraction of sp³-hybridized carbons (Fsp3) is 0.383. The molecule has 2 amide bonds. The highest BCUT2D eigenvalue weighted by Crippen LogP contribution is 2.40. The molecule has 2 heterocycles. The number of H-pyrrole nitrogens is 1. The van der Waals surface area contributed by atoms with Gasteiger partial charge in [-0.1, -0.05) is 166 Å². The van der Waals surface area contributed by atoms with Crippen molar-refractivity contribution < 1.29 is 9.59 Å². The molecular weight excluding hydrogens is 838 g/mol. The van der Waals surface area contributed by atoms with Gasteiger partial charge in [0.15, 0.2) is 11.5 Å². The van der Waals surface area contributed by atoms with Crippen LogP contribution in [0.1, 0.15) is 109 Å². The Labute approximate surface area is 372 Å². The molecule has 0 radical (unpaired) electrons. The van der Waals surface area contributed by atoms with Gasteiger partial charge in [-0.25, -0.2) is 9.69 Å². The molecule has 1 atom stereocenters. The first kappa shape index (κ1) is 45.1. The summed E-state index contributed by atoms with van der Waals surface area (Å²) in [6, 6.07) is 23.6. The lowest BCUT2D eigenvalue weighted by atomic mass is 10.0. The van der Waals surface area contributed by atoms with Gasteiger partial charge in [-0.2, -0.15) is 5.01 Å². The van der Waals surface area contributed by atoms with E-state index in [1.54, 1.807) is 18.2 Å². The van der Waals surface area contributed by atoms with Gasteiger partial charge in [0.25, 0.3) is 0 Å². The first-order chi connectivity index (χ1) is 29.2. The average molecular weight is 891 g/mol. The van der Waals surface area contributed by atoms with Crippen LogP contribution in [0.25, 0.3) is 16.5 Å². The number of carbonyl (C=O) groups is 2. The molecule has 1 aliphatic rings. The highest BCUT2D eigenvalue weighted by atomic mass is 35.5. The minimum absolute atomic E-state index is 0.00292. The second-order valence-corrected chi connectivity index (χ2v) is 17.1. The van der Waals surface area contributed by atoms with Crippen molar-refractivity contribution in [2.75, 3.05) is 5.01 Å². The lowest BCUT2D eigenvalue weighted by Gasteiger charge is -2.32. The van der Waals surface area contributed by atoms with E-state index in [9.17, 15) is 14.4 Å². The minimum Gasteiger partial charge on any atom is -0.272 e. The fourth-order valence-corrected chi connectivity index (χ4v) is 8.85. The van der Waals surface area contributed by atoms with Gasteiger partial charge >= 0.3 is 5.56 Å². The monoisotopic (exact) mass is 888 g/mol. The topological polar surface area (TPSA) is 103 Å². The Morgan fingerprint density at radius 1 is 0.750 bits per heavy atom. The number of imide groups is 1. The standard InChI is InChI=1S/C47H52Cl4N6O3/c1-2-3-4-5-6-7-8-9-10-11-12-13-14-15-24-35(48)30-34-22-17-19-27-41(34)56(57-42(58)28-29-43(57)59)46-44(53-52-40-26-20-23-33-21-16-18-25-37(33)40)47(60)55(54-46)45-38(50)31-36(49)32-39(45)51/h13-14,16-23,25-27,31-32,35,54H,2-12,15,24,28-30H2,1H3. The number of aromatic amines is 1. The largest absolute Gasteiger partial charge is 0.301 e. The molecule has 0 bridgehead atoms. The van der Waals surface area contributed by atoms with Crippen LogP contribution in [-0.2, 0) is 16.0 Å². The number of nitrogens with zero attached hydrogens (tertiary/aromatic N) is 5. The Morgan fingerprint density at radius 3 is 2.08 bits per heavy atom. The lowest BCUT2D eigenvalue weighted by molar-refractivity contribution is -0.138. The Kier molecular flexibility index (Phi) is 16.9. The number of nitrogens with one attached hydrogen (secondary N) is 1. The number of azo groups is 1. The number of fused-ring (bicyclic) bond motifs is 1. The normalized spacial score (nSPS) is 13.8. The van der Waals surface area contributed by atoms with E-state index in [0.717, 1.165) is 45.3 Å². The van der Waals surface area contributed by atoms with Crippen LogP contribution in [0.4, 0.5) is 22.9 Å². The van der Waals surface area contributed by atoms with Crippen LogP contribution >= 0.6 is 46.4 Å². The van der Waals surface area contributed by atoms with Crippen LogP contribution < -0.4 is 10.6 Å². The number of hydrogen-bond donors (Lipinski definition) is 1. The number of allylic oxidation sites excluding steroid dienone is 2. The maximum atomic E-state index is 14.5. The summed E-state index contributed by atoms with van der Waals surface area (Å²) < 4.78 is 1.13. The van der Waals surface area contributed by atoms with E-state index in [2.05, 4.69) is 34.4 Å². The van der Waals surface area contributed by atoms with Gasteiger partial charge in [-0.05, 0) is 67.3 Å². The molecule has 6 rings (SSSR count). The van der Waals surface area contributed by atoms with E-state index in [4.69, 9.17) is 46.4 Å². The Balaban J connectivity index is 1.27. The zero-order valence-corrected chi connectivity index (χ0v) is 37.0. The number of para-hydroxylation sites is 1. The van der Waals surface area contributed by atoms with Crippen LogP contribution in [0, 0.1) is 0 Å². The molecule has 0 aliphatic carbocycles.